The zero-order valence-corrected chi connectivity index (χ0v) is 16.3. The molecule has 0 spiro atoms. The van der Waals surface area contributed by atoms with Crippen LogP contribution in [0.5, 0.6) is 0 Å². The molecule has 0 saturated heterocycles. The maximum absolute atomic E-state index is 11.3. The molecular formula is C14H26N3O3PSi. The van der Waals surface area contributed by atoms with E-state index in [2.05, 4.69) is 61.3 Å². The monoisotopic (exact) mass is 343 g/mol. The molecule has 0 aromatic heterocycles. The Labute approximate surface area is 134 Å². The molecule has 0 bridgehead atoms. The minimum atomic E-state index is -2.01. The first-order valence-corrected chi connectivity index (χ1v) is 11.0. The molecule has 0 saturated carbocycles. The Bertz CT molecular complexity index is 492. The lowest BCUT2D eigenvalue weighted by molar-refractivity contribution is -0.246. The maximum atomic E-state index is 11.3. The Balaban J connectivity index is 3.06. The standard InChI is InChI=1S/C14H26N3O3PSi/c1-10(2)22(11(3)4,12(5)6)20-8-13-16-15-9-21(13)17-14(18)19-7/h8-12H,1-7H3/b13-8+. The van der Waals surface area contributed by atoms with Crippen molar-refractivity contribution in [2.24, 2.45) is 15.0 Å². The number of methoxy groups -OCH3 is 1. The molecule has 124 valence electrons. The lowest BCUT2D eigenvalue weighted by atomic mass is 10.5. The van der Waals surface area contributed by atoms with Gasteiger partial charge in [-0.25, -0.2) is 0 Å². The van der Waals surface area contributed by atoms with E-state index in [0.29, 0.717) is 22.1 Å². The Hall–Kier alpha value is -1.20. The minimum absolute atomic E-state index is 0.468. The first-order chi connectivity index (χ1) is 10.3. The summed E-state index contributed by atoms with van der Waals surface area (Å²) >= 11 is 0. The second kappa shape index (κ2) is 7.88. The van der Waals surface area contributed by atoms with Crippen molar-refractivity contribution in [3.8, 4) is 0 Å². The number of rotatable bonds is 6. The van der Waals surface area contributed by atoms with Gasteiger partial charge in [-0.3, -0.25) is 0 Å². The summed E-state index contributed by atoms with van der Waals surface area (Å²) in [5, 5.41) is 19.2. The summed E-state index contributed by atoms with van der Waals surface area (Å²) in [4.78, 5) is 0. The second-order valence-corrected chi connectivity index (χ2v) is 13.1. The minimum Gasteiger partial charge on any atom is -0.601 e. The van der Waals surface area contributed by atoms with Gasteiger partial charge in [0, 0.05) is 0 Å². The molecule has 1 atom stereocenters. The molecule has 1 heterocycles. The largest absolute Gasteiger partial charge is 0.601 e. The third kappa shape index (κ3) is 3.96. The number of ether oxygens (including phenoxy) is 1. The van der Waals surface area contributed by atoms with Crippen molar-refractivity contribution in [3.05, 3.63) is 11.7 Å². The second-order valence-electron chi connectivity index (χ2n) is 6.16. The molecule has 0 aromatic carbocycles. The predicted octanol–water partition coefficient (Wildman–Crippen LogP) is 3.96. The van der Waals surface area contributed by atoms with Crippen LogP contribution in [0, 0.1) is 0 Å². The molecule has 0 aromatic rings. The van der Waals surface area contributed by atoms with Gasteiger partial charge in [-0.1, -0.05) is 46.7 Å². The van der Waals surface area contributed by atoms with Gasteiger partial charge < -0.3 is 14.3 Å². The van der Waals surface area contributed by atoms with E-state index >= 15 is 0 Å². The molecule has 1 aliphatic rings. The molecule has 22 heavy (non-hydrogen) atoms. The van der Waals surface area contributed by atoms with Crippen LogP contribution < -0.4 is 5.11 Å². The van der Waals surface area contributed by atoms with Gasteiger partial charge in [0.25, 0.3) is 14.2 Å². The van der Waals surface area contributed by atoms with Crippen molar-refractivity contribution in [1.82, 2.24) is 0 Å². The van der Waals surface area contributed by atoms with E-state index in [0.717, 1.165) is 0 Å². The first kappa shape index (κ1) is 18.8. The van der Waals surface area contributed by atoms with Crippen molar-refractivity contribution in [3.63, 3.8) is 0 Å². The van der Waals surface area contributed by atoms with Crippen LogP contribution in [0.2, 0.25) is 16.6 Å². The Morgan fingerprint density at radius 3 is 2.23 bits per heavy atom. The van der Waals surface area contributed by atoms with Gasteiger partial charge in [-0.05, 0) is 28.5 Å². The fraction of sp³-hybridized carbons (Fsp3) is 0.714. The van der Waals surface area contributed by atoms with E-state index < -0.39 is 22.1 Å². The van der Waals surface area contributed by atoms with Gasteiger partial charge in [0.2, 0.25) is 0 Å². The molecule has 6 nitrogen and oxygen atoms in total. The number of azo groups is 1. The first-order valence-electron chi connectivity index (χ1n) is 7.46. The third-order valence-electron chi connectivity index (χ3n) is 4.00. The van der Waals surface area contributed by atoms with E-state index in [1.807, 2.05) is 0 Å². The van der Waals surface area contributed by atoms with Gasteiger partial charge >= 0.3 is 13.1 Å². The van der Waals surface area contributed by atoms with Crippen LogP contribution in [0.4, 0.5) is 0 Å². The summed E-state index contributed by atoms with van der Waals surface area (Å²) in [7, 11) is -1.92. The van der Waals surface area contributed by atoms with Gasteiger partial charge in [0.05, 0.1) is 0 Å². The molecule has 0 aliphatic carbocycles. The Morgan fingerprint density at radius 2 is 1.77 bits per heavy atom. The molecule has 0 fully saturated rings. The quantitative estimate of drug-likeness (QED) is 0.241. The smallest absolute Gasteiger partial charge is 0.323 e. The molecule has 1 rings (SSSR count). The van der Waals surface area contributed by atoms with Crippen LogP contribution >= 0.6 is 7.70 Å². The molecule has 8 heteroatoms. The highest BCUT2D eigenvalue weighted by Gasteiger charge is 2.46. The molecule has 1 unspecified atom stereocenters. The van der Waals surface area contributed by atoms with E-state index in [-0.39, 0.29) is 0 Å². The highest BCUT2D eigenvalue weighted by Crippen LogP contribution is 2.45. The molecule has 0 amide bonds. The van der Waals surface area contributed by atoms with E-state index in [9.17, 15) is 5.11 Å². The molecule has 0 radical (unpaired) electrons. The van der Waals surface area contributed by atoms with Gasteiger partial charge in [-0.2, -0.15) is 0 Å². The maximum Gasteiger partial charge on any atom is 0.323 e. The molecular weight excluding hydrogens is 317 g/mol. The summed E-state index contributed by atoms with van der Waals surface area (Å²) in [6.45, 7) is 13.3. The number of hydrogen-bond acceptors (Lipinski definition) is 6. The zero-order chi connectivity index (χ0) is 16.9. The van der Waals surface area contributed by atoms with Crippen LogP contribution in [0.15, 0.2) is 26.7 Å². The van der Waals surface area contributed by atoms with Crippen LogP contribution in [0.25, 0.3) is 0 Å². The van der Waals surface area contributed by atoms with Crippen molar-refractivity contribution in [2.75, 3.05) is 7.11 Å². The van der Waals surface area contributed by atoms with Crippen LogP contribution in [0.1, 0.15) is 41.5 Å². The van der Waals surface area contributed by atoms with Crippen LogP contribution in [-0.4, -0.2) is 27.4 Å². The van der Waals surface area contributed by atoms with Crippen molar-refractivity contribution >= 4 is 28.0 Å². The van der Waals surface area contributed by atoms with E-state index in [4.69, 9.17) is 4.43 Å². The number of nitrogens with zero attached hydrogens (tertiary/aromatic N) is 3. The van der Waals surface area contributed by atoms with Crippen LogP contribution in [-0.2, 0) is 9.16 Å². The summed E-state index contributed by atoms with van der Waals surface area (Å²) in [6.07, 6.45) is 1.07. The Morgan fingerprint density at radius 1 is 1.23 bits per heavy atom. The summed E-state index contributed by atoms with van der Waals surface area (Å²) < 4.78 is 14.9. The zero-order valence-electron chi connectivity index (χ0n) is 14.4. The summed E-state index contributed by atoms with van der Waals surface area (Å²) in [5.41, 5.74) is 2.01. The van der Waals surface area contributed by atoms with Crippen LogP contribution in [0.3, 0.4) is 0 Å². The average molecular weight is 343 g/mol. The van der Waals surface area contributed by atoms with Crippen molar-refractivity contribution in [2.45, 2.75) is 58.2 Å². The van der Waals surface area contributed by atoms with Crippen molar-refractivity contribution < 1.29 is 14.3 Å². The summed E-state index contributed by atoms with van der Waals surface area (Å²) in [5.74, 6) is 1.57. The SMILES string of the molecule is CO/C([O-])=N/[P+]1=CN=N/C1=C\O[Si](C(C)C)(C(C)C)C(C)C. The summed E-state index contributed by atoms with van der Waals surface area (Å²) in [6, 6.07) is 0. The normalized spacial score (nSPS) is 19.5. The highest BCUT2D eigenvalue weighted by molar-refractivity contribution is 7.60. The lowest BCUT2D eigenvalue weighted by Crippen LogP contribution is -2.46. The molecule has 0 N–H and O–H groups in total. The topological polar surface area (TPSA) is 78.6 Å². The fourth-order valence-electron chi connectivity index (χ4n) is 3.09. The van der Waals surface area contributed by atoms with E-state index in [1.165, 1.54) is 7.11 Å². The van der Waals surface area contributed by atoms with E-state index in [1.54, 1.807) is 12.2 Å². The third-order valence-corrected chi connectivity index (χ3v) is 11.3. The lowest BCUT2D eigenvalue weighted by Gasteiger charge is -2.40. The fourth-order valence-corrected chi connectivity index (χ4v) is 9.30. The molecule has 1 aliphatic heterocycles. The van der Waals surface area contributed by atoms with Gasteiger partial charge in [0.1, 0.15) is 6.26 Å². The Kier molecular flexibility index (Phi) is 6.75. The highest BCUT2D eigenvalue weighted by atomic mass is 31.1. The van der Waals surface area contributed by atoms with Gasteiger partial charge in [-0.15, -0.1) is 5.11 Å². The van der Waals surface area contributed by atoms with Crippen molar-refractivity contribution in [1.29, 1.82) is 0 Å². The average Bonchev–Trinajstić information content (AvgIpc) is 2.85. The number of hydrogen-bond donors (Lipinski definition) is 0. The van der Waals surface area contributed by atoms with Gasteiger partial charge in [0.15, 0.2) is 6.08 Å². The predicted molar refractivity (Wildman–Crippen MR) is 92.5 cm³/mol.